The Hall–Kier alpha value is -1.35. The lowest BCUT2D eigenvalue weighted by Crippen LogP contribution is -2.19. The van der Waals surface area contributed by atoms with Crippen LogP contribution in [0.2, 0.25) is 5.15 Å². The molecule has 1 N–H and O–H groups in total. The first kappa shape index (κ1) is 11.7. The number of aromatic nitrogens is 1. The highest BCUT2D eigenvalue weighted by Crippen LogP contribution is 2.11. The Morgan fingerprint density at radius 3 is 2.93 bits per heavy atom. The lowest BCUT2D eigenvalue weighted by molar-refractivity contribution is -0.118. The minimum atomic E-state index is -0.0365. The third-order valence-corrected chi connectivity index (χ3v) is 2.07. The van der Waals surface area contributed by atoms with E-state index in [1.165, 1.54) is 6.92 Å². The van der Waals surface area contributed by atoms with Gasteiger partial charge >= 0.3 is 0 Å². The fourth-order valence-corrected chi connectivity index (χ4v) is 1.30. The van der Waals surface area contributed by atoms with E-state index in [9.17, 15) is 4.79 Å². The standard InChI is InChI=1S/C11H13ClN2O/c1-8-10(5-6-11(12)14-8)4-3-7-13-9(2)15/h3-6H,7H2,1-2H3,(H,13,15). The van der Waals surface area contributed by atoms with Crippen molar-refractivity contribution in [2.75, 3.05) is 6.54 Å². The van der Waals surface area contributed by atoms with Gasteiger partial charge < -0.3 is 5.32 Å². The van der Waals surface area contributed by atoms with Crippen LogP contribution >= 0.6 is 11.6 Å². The van der Waals surface area contributed by atoms with E-state index >= 15 is 0 Å². The molecule has 0 atom stereocenters. The molecule has 0 aromatic carbocycles. The molecule has 1 aromatic rings. The number of carbonyl (C=O) groups excluding carboxylic acids is 1. The maximum Gasteiger partial charge on any atom is 0.217 e. The van der Waals surface area contributed by atoms with E-state index < -0.39 is 0 Å². The van der Waals surface area contributed by atoms with Crippen molar-refractivity contribution in [3.05, 3.63) is 34.6 Å². The van der Waals surface area contributed by atoms with Crippen LogP contribution in [0.3, 0.4) is 0 Å². The Kier molecular flexibility index (Phi) is 4.31. The molecule has 0 saturated carbocycles. The summed E-state index contributed by atoms with van der Waals surface area (Å²) in [4.78, 5) is 14.7. The number of nitrogens with zero attached hydrogens (tertiary/aromatic N) is 1. The summed E-state index contributed by atoms with van der Waals surface area (Å²) < 4.78 is 0. The monoisotopic (exact) mass is 224 g/mol. The van der Waals surface area contributed by atoms with Gasteiger partial charge in [0.15, 0.2) is 0 Å². The van der Waals surface area contributed by atoms with Crippen LogP contribution in [-0.2, 0) is 4.79 Å². The zero-order chi connectivity index (χ0) is 11.3. The summed E-state index contributed by atoms with van der Waals surface area (Å²) in [5.74, 6) is -0.0365. The molecule has 3 nitrogen and oxygen atoms in total. The average Bonchev–Trinajstić information content (AvgIpc) is 2.14. The van der Waals surface area contributed by atoms with Crippen molar-refractivity contribution < 1.29 is 4.79 Å². The van der Waals surface area contributed by atoms with Crippen LogP contribution in [0.4, 0.5) is 0 Å². The fourth-order valence-electron chi connectivity index (χ4n) is 1.11. The van der Waals surface area contributed by atoms with Crippen LogP contribution in [-0.4, -0.2) is 17.4 Å². The maximum atomic E-state index is 10.6. The van der Waals surface area contributed by atoms with Crippen LogP contribution in [0, 0.1) is 6.92 Å². The van der Waals surface area contributed by atoms with Crippen molar-refractivity contribution in [1.29, 1.82) is 0 Å². The molecule has 1 aromatic heterocycles. The number of halogens is 1. The largest absolute Gasteiger partial charge is 0.353 e. The zero-order valence-corrected chi connectivity index (χ0v) is 9.51. The summed E-state index contributed by atoms with van der Waals surface area (Å²) in [7, 11) is 0. The van der Waals surface area contributed by atoms with Crippen molar-refractivity contribution in [2.45, 2.75) is 13.8 Å². The molecule has 1 heterocycles. The van der Waals surface area contributed by atoms with Gasteiger partial charge in [0.1, 0.15) is 5.15 Å². The highest BCUT2D eigenvalue weighted by molar-refractivity contribution is 6.29. The molecule has 0 radical (unpaired) electrons. The van der Waals surface area contributed by atoms with Crippen molar-refractivity contribution >= 4 is 23.6 Å². The van der Waals surface area contributed by atoms with Crippen molar-refractivity contribution in [2.24, 2.45) is 0 Å². The number of rotatable bonds is 3. The summed E-state index contributed by atoms with van der Waals surface area (Å²) >= 11 is 5.73. The average molecular weight is 225 g/mol. The summed E-state index contributed by atoms with van der Waals surface area (Å²) in [5, 5.41) is 3.17. The minimum Gasteiger partial charge on any atom is -0.353 e. The third kappa shape index (κ3) is 4.13. The van der Waals surface area contributed by atoms with Crippen LogP contribution in [0.1, 0.15) is 18.2 Å². The number of aryl methyl sites for hydroxylation is 1. The summed E-state index contributed by atoms with van der Waals surface area (Å²) in [6, 6.07) is 3.64. The second kappa shape index (κ2) is 5.51. The van der Waals surface area contributed by atoms with E-state index in [2.05, 4.69) is 10.3 Å². The van der Waals surface area contributed by atoms with Crippen molar-refractivity contribution in [3.63, 3.8) is 0 Å². The Morgan fingerprint density at radius 1 is 1.60 bits per heavy atom. The van der Waals surface area contributed by atoms with Gasteiger partial charge in [-0.3, -0.25) is 4.79 Å². The Balaban J connectivity index is 2.60. The molecule has 0 aliphatic rings. The van der Waals surface area contributed by atoms with E-state index in [4.69, 9.17) is 11.6 Å². The molecular weight excluding hydrogens is 212 g/mol. The summed E-state index contributed by atoms with van der Waals surface area (Å²) in [6.07, 6.45) is 3.79. The fraction of sp³-hybridized carbons (Fsp3) is 0.273. The van der Waals surface area contributed by atoms with Gasteiger partial charge in [0.2, 0.25) is 5.91 Å². The van der Waals surface area contributed by atoms with Gasteiger partial charge in [-0.2, -0.15) is 0 Å². The van der Waals surface area contributed by atoms with Crippen LogP contribution in [0.5, 0.6) is 0 Å². The number of hydrogen-bond donors (Lipinski definition) is 1. The van der Waals surface area contributed by atoms with E-state index in [1.807, 2.05) is 25.1 Å². The second-order valence-electron chi connectivity index (χ2n) is 3.15. The molecule has 1 rings (SSSR count). The summed E-state index contributed by atoms with van der Waals surface area (Å²) in [5.41, 5.74) is 1.88. The zero-order valence-electron chi connectivity index (χ0n) is 8.75. The first-order chi connectivity index (χ1) is 7.09. The third-order valence-electron chi connectivity index (χ3n) is 1.86. The normalized spacial score (nSPS) is 10.6. The molecule has 0 saturated heterocycles. The first-order valence-corrected chi connectivity index (χ1v) is 5.01. The maximum absolute atomic E-state index is 10.6. The Labute approximate surface area is 94.2 Å². The smallest absolute Gasteiger partial charge is 0.217 e. The van der Waals surface area contributed by atoms with Crippen molar-refractivity contribution in [3.8, 4) is 0 Å². The van der Waals surface area contributed by atoms with Crippen LogP contribution < -0.4 is 5.32 Å². The molecule has 1 amide bonds. The Bertz CT molecular complexity index is 388. The lowest BCUT2D eigenvalue weighted by atomic mass is 10.2. The number of nitrogens with one attached hydrogen (secondary N) is 1. The molecule has 0 bridgehead atoms. The second-order valence-corrected chi connectivity index (χ2v) is 3.54. The molecule has 4 heteroatoms. The van der Waals surface area contributed by atoms with Gasteiger partial charge in [-0.05, 0) is 18.6 Å². The SMILES string of the molecule is CC(=O)NCC=Cc1ccc(Cl)nc1C. The van der Waals surface area contributed by atoms with E-state index in [-0.39, 0.29) is 5.91 Å². The minimum absolute atomic E-state index is 0.0365. The predicted molar refractivity (Wildman–Crippen MR) is 61.7 cm³/mol. The van der Waals surface area contributed by atoms with E-state index in [0.717, 1.165) is 11.3 Å². The van der Waals surface area contributed by atoms with E-state index in [0.29, 0.717) is 11.7 Å². The molecule has 0 fully saturated rings. The predicted octanol–water partition coefficient (Wildman–Crippen LogP) is 2.19. The number of pyridine rings is 1. The van der Waals surface area contributed by atoms with Gasteiger partial charge in [-0.1, -0.05) is 29.8 Å². The molecule has 0 unspecified atom stereocenters. The summed E-state index contributed by atoms with van der Waals surface area (Å²) in [6.45, 7) is 3.91. The quantitative estimate of drug-likeness (QED) is 0.800. The number of hydrogen-bond acceptors (Lipinski definition) is 2. The molecule has 0 aliphatic heterocycles. The molecule has 80 valence electrons. The van der Waals surface area contributed by atoms with Gasteiger partial charge in [0.25, 0.3) is 0 Å². The van der Waals surface area contributed by atoms with Gasteiger partial charge in [0, 0.05) is 19.2 Å². The van der Waals surface area contributed by atoms with Crippen molar-refractivity contribution in [1.82, 2.24) is 10.3 Å². The highest BCUT2D eigenvalue weighted by Gasteiger charge is 1.96. The van der Waals surface area contributed by atoms with Gasteiger partial charge in [0.05, 0.1) is 0 Å². The van der Waals surface area contributed by atoms with Crippen LogP contribution in [0.25, 0.3) is 6.08 Å². The van der Waals surface area contributed by atoms with Crippen LogP contribution in [0.15, 0.2) is 18.2 Å². The van der Waals surface area contributed by atoms with Gasteiger partial charge in [-0.15, -0.1) is 0 Å². The topological polar surface area (TPSA) is 42.0 Å². The Morgan fingerprint density at radius 2 is 2.33 bits per heavy atom. The molecule has 0 spiro atoms. The number of amides is 1. The van der Waals surface area contributed by atoms with E-state index in [1.54, 1.807) is 6.07 Å². The first-order valence-electron chi connectivity index (χ1n) is 4.63. The highest BCUT2D eigenvalue weighted by atomic mass is 35.5. The molecular formula is C11H13ClN2O. The van der Waals surface area contributed by atoms with Gasteiger partial charge in [-0.25, -0.2) is 4.98 Å². The molecule has 15 heavy (non-hydrogen) atoms. The number of carbonyl (C=O) groups is 1. The molecule has 0 aliphatic carbocycles. The lowest BCUT2D eigenvalue weighted by Gasteiger charge is -1.99.